The Morgan fingerprint density at radius 3 is 2.35 bits per heavy atom. The number of aliphatic carboxylic acids is 1. The molecule has 23 heavy (non-hydrogen) atoms. The third kappa shape index (κ3) is 5.37. The molecule has 7 heteroatoms. The molecule has 1 aromatic rings. The molecule has 0 radical (unpaired) electrons. The van der Waals surface area contributed by atoms with Crippen molar-refractivity contribution in [2.45, 2.75) is 32.8 Å². The van der Waals surface area contributed by atoms with Gasteiger partial charge in [0.1, 0.15) is 0 Å². The zero-order valence-corrected chi connectivity index (χ0v) is 13.1. The quantitative estimate of drug-likeness (QED) is 0.697. The maximum atomic E-state index is 12.0. The molecule has 0 saturated heterocycles. The number of esters is 2. The lowest BCUT2D eigenvalue weighted by Gasteiger charge is -2.12. The molecule has 0 aromatic heterocycles. The number of hydrogen-bond donors (Lipinski definition) is 2. The van der Waals surface area contributed by atoms with Gasteiger partial charge in [-0.1, -0.05) is 12.1 Å². The normalized spacial score (nSPS) is 11.6. The summed E-state index contributed by atoms with van der Waals surface area (Å²) in [6.45, 7) is 3.77. The lowest BCUT2D eigenvalue weighted by Crippen LogP contribution is -2.14. The van der Waals surface area contributed by atoms with E-state index in [0.29, 0.717) is 5.56 Å². The van der Waals surface area contributed by atoms with E-state index in [9.17, 15) is 19.5 Å². The molecule has 0 amide bonds. The highest BCUT2D eigenvalue weighted by atomic mass is 16.5. The molecule has 0 aliphatic rings. The van der Waals surface area contributed by atoms with Gasteiger partial charge < -0.3 is 19.7 Å². The molecule has 0 spiro atoms. The molecule has 1 unspecified atom stereocenters. The second-order valence-electron chi connectivity index (χ2n) is 4.68. The number of ether oxygens (including phenoxy) is 2. The third-order valence-electron chi connectivity index (χ3n) is 3.08. The van der Waals surface area contributed by atoms with Crippen molar-refractivity contribution in [3.63, 3.8) is 0 Å². The maximum absolute atomic E-state index is 12.0. The Bertz CT molecular complexity index is 580. The maximum Gasteiger partial charge on any atom is 0.338 e. The van der Waals surface area contributed by atoms with Crippen LogP contribution < -0.4 is 0 Å². The first-order valence-corrected chi connectivity index (χ1v) is 7.27. The largest absolute Gasteiger partial charge is 0.479 e. The average Bonchev–Trinajstić information content (AvgIpc) is 2.52. The van der Waals surface area contributed by atoms with Crippen molar-refractivity contribution in [3.8, 4) is 0 Å². The number of benzene rings is 1. The minimum Gasteiger partial charge on any atom is -0.479 e. The molecule has 1 atom stereocenters. The van der Waals surface area contributed by atoms with Gasteiger partial charge in [0.2, 0.25) is 0 Å². The predicted molar refractivity (Wildman–Crippen MR) is 79.9 cm³/mol. The van der Waals surface area contributed by atoms with E-state index in [1.165, 1.54) is 18.2 Å². The standard InChI is InChI=1S/C16H20O7/c1-3-22-13(17)8-7-10-5-6-11(14(18)15(19)20)9-12(10)16(21)23-4-2/h5-6,9,14,18H,3-4,7-8H2,1-2H3,(H,19,20). The van der Waals surface area contributed by atoms with Crippen LogP contribution in [0.25, 0.3) is 0 Å². The Morgan fingerprint density at radius 1 is 1.13 bits per heavy atom. The highest BCUT2D eigenvalue weighted by molar-refractivity contribution is 5.92. The van der Waals surface area contributed by atoms with E-state index in [4.69, 9.17) is 14.6 Å². The van der Waals surface area contributed by atoms with Gasteiger partial charge in [-0.2, -0.15) is 0 Å². The number of hydrogen-bond acceptors (Lipinski definition) is 6. The summed E-state index contributed by atoms with van der Waals surface area (Å²) >= 11 is 0. The van der Waals surface area contributed by atoms with Crippen LogP contribution >= 0.6 is 0 Å². The van der Waals surface area contributed by atoms with Crippen molar-refractivity contribution in [3.05, 3.63) is 34.9 Å². The fourth-order valence-corrected chi connectivity index (χ4v) is 1.99. The SMILES string of the molecule is CCOC(=O)CCc1ccc(C(O)C(=O)O)cc1C(=O)OCC. The summed E-state index contributed by atoms with van der Waals surface area (Å²) in [6, 6.07) is 4.19. The predicted octanol–water partition coefficient (Wildman–Crippen LogP) is 1.48. The fourth-order valence-electron chi connectivity index (χ4n) is 1.99. The van der Waals surface area contributed by atoms with Crippen LogP contribution in [0.2, 0.25) is 0 Å². The summed E-state index contributed by atoms with van der Waals surface area (Å²) in [5.41, 5.74) is 0.729. The van der Waals surface area contributed by atoms with E-state index >= 15 is 0 Å². The Hall–Kier alpha value is -2.41. The van der Waals surface area contributed by atoms with Crippen molar-refractivity contribution in [1.29, 1.82) is 0 Å². The van der Waals surface area contributed by atoms with Crippen LogP contribution in [-0.2, 0) is 25.5 Å². The van der Waals surface area contributed by atoms with Crippen molar-refractivity contribution in [2.24, 2.45) is 0 Å². The molecule has 0 heterocycles. The van der Waals surface area contributed by atoms with E-state index in [1.807, 2.05) is 0 Å². The molecular formula is C16H20O7. The number of carbonyl (C=O) groups excluding carboxylic acids is 2. The van der Waals surface area contributed by atoms with Gasteiger partial charge >= 0.3 is 17.9 Å². The first-order chi connectivity index (χ1) is 10.9. The van der Waals surface area contributed by atoms with Crippen LogP contribution in [0.5, 0.6) is 0 Å². The summed E-state index contributed by atoms with van der Waals surface area (Å²) in [4.78, 5) is 34.3. The third-order valence-corrected chi connectivity index (χ3v) is 3.08. The molecule has 0 bridgehead atoms. The first kappa shape index (κ1) is 18.6. The summed E-state index contributed by atoms with van der Waals surface area (Å²) in [5.74, 6) is -2.44. The highest BCUT2D eigenvalue weighted by Crippen LogP contribution is 2.20. The van der Waals surface area contributed by atoms with Gasteiger partial charge in [0, 0.05) is 6.42 Å². The van der Waals surface area contributed by atoms with Crippen LogP contribution in [0.15, 0.2) is 18.2 Å². The monoisotopic (exact) mass is 324 g/mol. The number of carbonyl (C=O) groups is 3. The Balaban J connectivity index is 3.06. The molecule has 1 aromatic carbocycles. The molecule has 0 fully saturated rings. The lowest BCUT2D eigenvalue weighted by molar-refractivity contribution is -0.147. The van der Waals surface area contributed by atoms with Crippen molar-refractivity contribution in [1.82, 2.24) is 0 Å². The molecule has 7 nitrogen and oxygen atoms in total. The van der Waals surface area contributed by atoms with Gasteiger partial charge in [-0.3, -0.25) is 4.79 Å². The van der Waals surface area contributed by atoms with Crippen molar-refractivity contribution in [2.75, 3.05) is 13.2 Å². The van der Waals surface area contributed by atoms with Gasteiger partial charge in [0.15, 0.2) is 6.10 Å². The second kappa shape index (κ2) is 8.89. The van der Waals surface area contributed by atoms with Crippen LogP contribution in [0.3, 0.4) is 0 Å². The fraction of sp³-hybridized carbons (Fsp3) is 0.438. The topological polar surface area (TPSA) is 110 Å². The van der Waals surface area contributed by atoms with Gasteiger partial charge in [-0.25, -0.2) is 9.59 Å². The molecule has 0 aliphatic carbocycles. The van der Waals surface area contributed by atoms with E-state index in [-0.39, 0.29) is 37.2 Å². The summed E-state index contributed by atoms with van der Waals surface area (Å²) < 4.78 is 9.77. The van der Waals surface area contributed by atoms with Crippen LogP contribution in [-0.4, -0.2) is 41.3 Å². The summed E-state index contributed by atoms with van der Waals surface area (Å²) in [5, 5.41) is 18.4. The molecule has 126 valence electrons. The Morgan fingerprint density at radius 2 is 1.78 bits per heavy atom. The van der Waals surface area contributed by atoms with E-state index < -0.39 is 24.0 Å². The Kier molecular flexibility index (Phi) is 7.21. The van der Waals surface area contributed by atoms with Crippen molar-refractivity contribution >= 4 is 17.9 Å². The number of carboxylic acids is 1. The number of carboxylic acid groups (broad SMARTS) is 1. The van der Waals surface area contributed by atoms with E-state index in [1.54, 1.807) is 13.8 Å². The Labute approximate surface area is 133 Å². The van der Waals surface area contributed by atoms with Crippen LogP contribution in [0.4, 0.5) is 0 Å². The van der Waals surface area contributed by atoms with Gasteiger partial charge in [-0.15, -0.1) is 0 Å². The van der Waals surface area contributed by atoms with Crippen molar-refractivity contribution < 1.29 is 34.1 Å². The van der Waals surface area contributed by atoms with Gasteiger partial charge in [0.25, 0.3) is 0 Å². The molecule has 1 rings (SSSR count). The summed E-state index contributed by atoms with van der Waals surface area (Å²) in [6.07, 6.45) is -1.40. The number of rotatable bonds is 8. The van der Waals surface area contributed by atoms with Gasteiger partial charge in [0.05, 0.1) is 18.8 Å². The zero-order valence-electron chi connectivity index (χ0n) is 13.1. The molecule has 0 saturated carbocycles. The zero-order chi connectivity index (χ0) is 17.4. The number of aryl methyl sites for hydroxylation is 1. The molecule has 0 aliphatic heterocycles. The average molecular weight is 324 g/mol. The molecular weight excluding hydrogens is 304 g/mol. The van der Waals surface area contributed by atoms with E-state index in [0.717, 1.165) is 0 Å². The van der Waals surface area contributed by atoms with Crippen LogP contribution in [0.1, 0.15) is 47.9 Å². The van der Waals surface area contributed by atoms with E-state index in [2.05, 4.69) is 0 Å². The van der Waals surface area contributed by atoms with Crippen LogP contribution in [0, 0.1) is 0 Å². The van der Waals surface area contributed by atoms with Gasteiger partial charge in [-0.05, 0) is 37.5 Å². The smallest absolute Gasteiger partial charge is 0.338 e. The second-order valence-corrected chi connectivity index (χ2v) is 4.68. The number of aliphatic hydroxyl groups excluding tert-OH is 1. The molecule has 2 N–H and O–H groups in total. The minimum atomic E-state index is -1.73. The first-order valence-electron chi connectivity index (χ1n) is 7.27. The minimum absolute atomic E-state index is 0.0698. The lowest BCUT2D eigenvalue weighted by atomic mass is 9.98. The summed E-state index contributed by atoms with van der Waals surface area (Å²) in [7, 11) is 0. The highest BCUT2D eigenvalue weighted by Gasteiger charge is 2.20. The number of aliphatic hydroxyl groups is 1.